The minimum atomic E-state index is -0.849. The lowest BCUT2D eigenvalue weighted by Crippen LogP contribution is -2.32. The van der Waals surface area contributed by atoms with Gasteiger partial charge in [0.25, 0.3) is 5.91 Å². The van der Waals surface area contributed by atoms with Crippen LogP contribution in [0.15, 0.2) is 64.3 Å². The first kappa shape index (κ1) is 23.6. The fourth-order valence-corrected chi connectivity index (χ4v) is 4.05. The van der Waals surface area contributed by atoms with Gasteiger partial charge in [-0.25, -0.2) is 0 Å². The number of aliphatic hydroxyl groups is 1. The Morgan fingerprint density at radius 2 is 1.91 bits per heavy atom. The van der Waals surface area contributed by atoms with Gasteiger partial charge in [-0.3, -0.25) is 9.59 Å². The van der Waals surface area contributed by atoms with Crippen molar-refractivity contribution < 1.29 is 29.3 Å². The third-order valence-electron chi connectivity index (χ3n) is 5.13. The number of hydrogen-bond acceptors (Lipinski definition) is 6. The van der Waals surface area contributed by atoms with Crippen LogP contribution >= 0.6 is 15.9 Å². The lowest BCUT2D eigenvalue weighted by Gasteiger charge is -2.27. The number of rotatable bonds is 9. The molecule has 1 amide bonds. The second-order valence-corrected chi connectivity index (χ2v) is 8.03. The maximum absolute atomic E-state index is 13.1. The summed E-state index contributed by atoms with van der Waals surface area (Å²) in [7, 11) is 2.97. The number of carbonyl (C=O) groups is 2. The second kappa shape index (κ2) is 10.5. The number of phenolic OH excluding ortho intramolecular Hbond substituents is 1. The largest absolute Gasteiger partial charge is 0.503 e. The highest BCUT2D eigenvalue weighted by atomic mass is 79.9. The van der Waals surface area contributed by atoms with Gasteiger partial charge in [-0.1, -0.05) is 36.4 Å². The van der Waals surface area contributed by atoms with Crippen LogP contribution < -0.4 is 4.74 Å². The minimum Gasteiger partial charge on any atom is -0.503 e. The Balaban J connectivity index is 2.04. The fraction of sp³-hybridized carbons (Fsp3) is 0.250. The first-order chi connectivity index (χ1) is 15.4. The topological polar surface area (TPSA) is 96.3 Å². The van der Waals surface area contributed by atoms with Crippen LogP contribution in [0.1, 0.15) is 23.6 Å². The normalized spacial score (nSPS) is 16.3. The summed E-state index contributed by atoms with van der Waals surface area (Å²) in [5, 5.41) is 20.8. The van der Waals surface area contributed by atoms with E-state index in [-0.39, 0.29) is 23.6 Å². The molecule has 0 fully saturated rings. The lowest BCUT2D eigenvalue weighted by molar-refractivity contribution is -0.129. The first-order valence-electron chi connectivity index (χ1n) is 9.96. The third-order valence-corrected chi connectivity index (χ3v) is 5.73. The van der Waals surface area contributed by atoms with Crippen LogP contribution in [0.3, 0.4) is 0 Å². The molecule has 1 aliphatic rings. The van der Waals surface area contributed by atoms with Crippen molar-refractivity contribution in [2.75, 3.05) is 27.4 Å². The van der Waals surface area contributed by atoms with Gasteiger partial charge in [0.2, 0.25) is 0 Å². The zero-order valence-corrected chi connectivity index (χ0v) is 19.3. The van der Waals surface area contributed by atoms with Gasteiger partial charge in [0.1, 0.15) is 0 Å². The van der Waals surface area contributed by atoms with Crippen molar-refractivity contribution in [2.24, 2.45) is 0 Å². The molecule has 0 saturated carbocycles. The molecule has 1 heterocycles. The van der Waals surface area contributed by atoms with Crippen LogP contribution in [0, 0.1) is 0 Å². The number of phenols is 1. The van der Waals surface area contributed by atoms with Crippen molar-refractivity contribution in [3.05, 3.63) is 75.5 Å². The summed E-state index contributed by atoms with van der Waals surface area (Å²) in [5.74, 6) is -1.63. The van der Waals surface area contributed by atoms with Gasteiger partial charge < -0.3 is 24.6 Å². The number of ketones is 1. The molecule has 0 spiro atoms. The monoisotopic (exact) mass is 501 g/mol. The Kier molecular flexibility index (Phi) is 7.71. The molecule has 1 aliphatic heterocycles. The highest BCUT2D eigenvalue weighted by Crippen LogP contribution is 2.43. The van der Waals surface area contributed by atoms with E-state index in [1.165, 1.54) is 18.1 Å². The molecular weight excluding hydrogens is 478 g/mol. The predicted molar refractivity (Wildman–Crippen MR) is 123 cm³/mol. The number of nitrogens with zero attached hydrogens (tertiary/aromatic N) is 1. The van der Waals surface area contributed by atoms with Crippen LogP contribution in [-0.2, 0) is 14.3 Å². The summed E-state index contributed by atoms with van der Waals surface area (Å²) < 4.78 is 10.7. The third kappa shape index (κ3) is 4.87. The average Bonchev–Trinajstić information content (AvgIpc) is 3.05. The van der Waals surface area contributed by atoms with E-state index >= 15 is 0 Å². The summed E-state index contributed by atoms with van der Waals surface area (Å²) in [6.07, 6.45) is 3.49. The zero-order valence-electron chi connectivity index (χ0n) is 17.7. The molecule has 1 unspecified atom stereocenters. The minimum absolute atomic E-state index is 0.0285. The number of ether oxygens (including phenoxy) is 2. The predicted octanol–water partition coefficient (Wildman–Crippen LogP) is 4.18. The summed E-state index contributed by atoms with van der Waals surface area (Å²) >= 11 is 3.29. The van der Waals surface area contributed by atoms with Crippen LogP contribution in [0.2, 0.25) is 0 Å². The number of benzene rings is 2. The van der Waals surface area contributed by atoms with Gasteiger partial charge in [0.05, 0.1) is 23.2 Å². The number of carbonyl (C=O) groups excluding carboxylic acids is 2. The van der Waals surface area contributed by atoms with E-state index in [1.54, 1.807) is 25.3 Å². The van der Waals surface area contributed by atoms with Crippen LogP contribution in [0.5, 0.6) is 11.5 Å². The SMILES string of the molecule is COCCCN1C(=O)C(O)=C(C(=O)C=Cc2ccccc2)C1c1cc(Br)c(O)c(OC)c1. The number of halogens is 1. The van der Waals surface area contributed by atoms with E-state index in [2.05, 4.69) is 15.9 Å². The molecule has 8 heteroatoms. The summed E-state index contributed by atoms with van der Waals surface area (Å²) in [6, 6.07) is 11.6. The number of aliphatic hydroxyl groups excluding tert-OH is 1. The second-order valence-electron chi connectivity index (χ2n) is 7.17. The van der Waals surface area contributed by atoms with E-state index in [0.29, 0.717) is 23.1 Å². The molecule has 2 aromatic rings. The van der Waals surface area contributed by atoms with Crippen molar-refractivity contribution in [1.82, 2.24) is 4.90 Å². The van der Waals surface area contributed by atoms with Crippen LogP contribution in [0.25, 0.3) is 6.08 Å². The number of hydrogen-bond donors (Lipinski definition) is 2. The summed E-state index contributed by atoms with van der Waals surface area (Å²) in [5.41, 5.74) is 1.30. The Morgan fingerprint density at radius 3 is 2.56 bits per heavy atom. The van der Waals surface area contributed by atoms with E-state index in [0.717, 1.165) is 5.56 Å². The standard InChI is InChI=1S/C24H24BrNO6/c1-31-12-6-11-26-21(16-13-17(25)22(28)19(14-16)32-2)20(23(29)24(26)30)18(27)10-9-15-7-4-3-5-8-15/h3-5,7-10,13-14,21,28-29H,6,11-12H2,1-2H3. The molecular formula is C24H24BrNO6. The number of allylic oxidation sites excluding steroid dienone is 1. The summed E-state index contributed by atoms with van der Waals surface area (Å²) in [6.45, 7) is 0.679. The van der Waals surface area contributed by atoms with Crippen molar-refractivity contribution in [3.63, 3.8) is 0 Å². The smallest absolute Gasteiger partial charge is 0.290 e. The first-order valence-corrected chi connectivity index (χ1v) is 10.7. The molecule has 1 atom stereocenters. The molecule has 3 rings (SSSR count). The molecule has 168 valence electrons. The molecule has 0 bridgehead atoms. The Morgan fingerprint density at radius 1 is 1.19 bits per heavy atom. The highest BCUT2D eigenvalue weighted by molar-refractivity contribution is 9.10. The van der Waals surface area contributed by atoms with Crippen molar-refractivity contribution in [3.8, 4) is 11.5 Å². The summed E-state index contributed by atoms with van der Waals surface area (Å²) in [4.78, 5) is 27.5. The van der Waals surface area contributed by atoms with Gasteiger partial charge >= 0.3 is 0 Å². The van der Waals surface area contributed by atoms with Gasteiger partial charge in [0.15, 0.2) is 23.0 Å². The Bertz CT molecular complexity index is 1060. The molecule has 32 heavy (non-hydrogen) atoms. The molecule has 2 N–H and O–H groups in total. The number of amides is 1. The average molecular weight is 502 g/mol. The number of aromatic hydroxyl groups is 1. The van der Waals surface area contributed by atoms with E-state index in [9.17, 15) is 19.8 Å². The van der Waals surface area contributed by atoms with Gasteiger partial charge in [-0.2, -0.15) is 0 Å². The quantitative estimate of drug-likeness (QED) is 0.395. The Labute approximate surface area is 194 Å². The Hall–Kier alpha value is -3.10. The van der Waals surface area contributed by atoms with Crippen molar-refractivity contribution >= 4 is 33.7 Å². The number of methoxy groups -OCH3 is 2. The maximum atomic E-state index is 13.1. The van der Waals surface area contributed by atoms with Gasteiger partial charge in [-0.05, 0) is 51.7 Å². The van der Waals surface area contributed by atoms with Gasteiger partial charge in [-0.15, -0.1) is 0 Å². The van der Waals surface area contributed by atoms with Crippen LogP contribution in [-0.4, -0.2) is 54.2 Å². The van der Waals surface area contributed by atoms with E-state index < -0.39 is 23.5 Å². The zero-order chi connectivity index (χ0) is 23.3. The van der Waals surface area contributed by atoms with Gasteiger partial charge in [0, 0.05) is 20.3 Å². The van der Waals surface area contributed by atoms with Crippen LogP contribution in [0.4, 0.5) is 0 Å². The van der Waals surface area contributed by atoms with Crippen molar-refractivity contribution in [2.45, 2.75) is 12.5 Å². The molecule has 0 radical (unpaired) electrons. The molecule has 2 aromatic carbocycles. The van der Waals surface area contributed by atoms with E-state index in [1.807, 2.05) is 30.3 Å². The van der Waals surface area contributed by atoms with E-state index in [4.69, 9.17) is 9.47 Å². The van der Waals surface area contributed by atoms with Crippen molar-refractivity contribution in [1.29, 1.82) is 0 Å². The molecule has 0 aromatic heterocycles. The molecule has 0 aliphatic carbocycles. The molecule has 7 nitrogen and oxygen atoms in total. The fourth-order valence-electron chi connectivity index (χ4n) is 3.59. The molecule has 0 saturated heterocycles. The lowest BCUT2D eigenvalue weighted by atomic mass is 9.95. The highest BCUT2D eigenvalue weighted by Gasteiger charge is 2.43. The maximum Gasteiger partial charge on any atom is 0.290 e.